The second kappa shape index (κ2) is 3.84. The average molecular weight is 197 g/mol. The van der Waals surface area contributed by atoms with Crippen molar-refractivity contribution in [2.45, 2.75) is 71.9 Å². The molecule has 0 bridgehead atoms. The quantitative estimate of drug-likeness (QED) is 0.652. The first-order valence-corrected chi connectivity index (χ1v) is 6.00. The fourth-order valence-corrected chi connectivity index (χ4v) is 2.28. The van der Waals surface area contributed by atoms with Gasteiger partial charge in [0.25, 0.3) is 0 Å². The van der Waals surface area contributed by atoms with Gasteiger partial charge in [-0.25, -0.2) is 0 Å². The molecule has 0 aromatic rings. The Morgan fingerprint density at radius 2 is 1.36 bits per heavy atom. The molecular formula is C13H27N. The summed E-state index contributed by atoms with van der Waals surface area (Å²) in [6, 6.07) is 0.823. The van der Waals surface area contributed by atoms with Gasteiger partial charge in [0.05, 0.1) is 0 Å². The molecule has 1 saturated carbocycles. The van der Waals surface area contributed by atoms with Crippen LogP contribution in [0.2, 0.25) is 0 Å². The van der Waals surface area contributed by atoms with Gasteiger partial charge in [-0.05, 0) is 39.2 Å². The highest BCUT2D eigenvalue weighted by Crippen LogP contribution is 2.38. The molecule has 1 nitrogen and oxygen atoms in total. The average Bonchev–Trinajstić information content (AvgIpc) is 2.52. The van der Waals surface area contributed by atoms with Gasteiger partial charge in [0.2, 0.25) is 0 Å². The van der Waals surface area contributed by atoms with Gasteiger partial charge in [0.15, 0.2) is 0 Å². The lowest BCUT2D eigenvalue weighted by Crippen LogP contribution is -2.54. The zero-order valence-electron chi connectivity index (χ0n) is 10.9. The molecule has 1 heteroatoms. The van der Waals surface area contributed by atoms with Gasteiger partial charge in [-0.2, -0.15) is 0 Å². The Morgan fingerprint density at radius 3 is 1.71 bits per heavy atom. The van der Waals surface area contributed by atoms with Crippen LogP contribution in [-0.2, 0) is 0 Å². The standard InChI is InChI=1S/C13H27N/c1-12(2,3)13(4,5)14(6)11-9-7-8-10-11/h11H,7-10H2,1-6H3. The highest BCUT2D eigenvalue weighted by atomic mass is 15.2. The molecule has 0 radical (unpaired) electrons. The van der Waals surface area contributed by atoms with E-state index in [1.54, 1.807) is 0 Å². The zero-order chi connectivity index (χ0) is 11.0. The van der Waals surface area contributed by atoms with E-state index >= 15 is 0 Å². The Labute approximate surface area is 89.9 Å². The van der Waals surface area contributed by atoms with Crippen molar-refractivity contribution in [3.8, 4) is 0 Å². The summed E-state index contributed by atoms with van der Waals surface area (Å²) < 4.78 is 0. The lowest BCUT2D eigenvalue weighted by Gasteiger charge is -2.48. The summed E-state index contributed by atoms with van der Waals surface area (Å²) >= 11 is 0. The second-order valence-corrected chi connectivity index (χ2v) is 6.36. The molecule has 0 saturated heterocycles. The molecule has 0 heterocycles. The molecule has 0 aliphatic heterocycles. The summed E-state index contributed by atoms with van der Waals surface area (Å²) in [7, 11) is 2.31. The van der Waals surface area contributed by atoms with Crippen molar-refractivity contribution < 1.29 is 0 Å². The molecule has 0 unspecified atom stereocenters. The second-order valence-electron chi connectivity index (χ2n) is 6.36. The van der Waals surface area contributed by atoms with E-state index in [-0.39, 0.29) is 0 Å². The van der Waals surface area contributed by atoms with Gasteiger partial charge in [-0.3, -0.25) is 4.90 Å². The third kappa shape index (κ3) is 2.13. The SMILES string of the molecule is CN(C1CCCC1)C(C)(C)C(C)(C)C. The molecule has 0 aromatic heterocycles. The van der Waals surface area contributed by atoms with Crippen molar-refractivity contribution in [2.24, 2.45) is 5.41 Å². The monoisotopic (exact) mass is 197 g/mol. The Kier molecular flexibility index (Phi) is 3.30. The maximum absolute atomic E-state index is 2.61. The smallest absolute Gasteiger partial charge is 0.0201 e. The van der Waals surface area contributed by atoms with Crippen molar-refractivity contribution in [1.29, 1.82) is 0 Å². The molecule has 1 fully saturated rings. The van der Waals surface area contributed by atoms with Crippen LogP contribution in [0.4, 0.5) is 0 Å². The maximum atomic E-state index is 2.61. The summed E-state index contributed by atoms with van der Waals surface area (Å²) in [5, 5.41) is 0. The minimum absolute atomic E-state index is 0.294. The fourth-order valence-electron chi connectivity index (χ4n) is 2.28. The molecule has 0 amide bonds. The van der Waals surface area contributed by atoms with Crippen LogP contribution in [0.15, 0.2) is 0 Å². The first kappa shape index (κ1) is 12.0. The predicted octanol–water partition coefficient (Wildman–Crippen LogP) is 3.69. The number of rotatable bonds is 2. The van der Waals surface area contributed by atoms with Crippen LogP contribution < -0.4 is 0 Å². The van der Waals surface area contributed by atoms with E-state index in [1.807, 2.05) is 0 Å². The van der Waals surface area contributed by atoms with Crippen LogP contribution in [0.3, 0.4) is 0 Å². The third-order valence-corrected chi connectivity index (χ3v) is 4.59. The lowest BCUT2D eigenvalue weighted by atomic mass is 9.74. The molecule has 1 aliphatic rings. The Hall–Kier alpha value is -0.0400. The van der Waals surface area contributed by atoms with Crippen molar-refractivity contribution in [2.75, 3.05) is 7.05 Å². The van der Waals surface area contributed by atoms with E-state index in [0.717, 1.165) is 6.04 Å². The number of hydrogen-bond acceptors (Lipinski definition) is 1. The van der Waals surface area contributed by atoms with E-state index < -0.39 is 0 Å². The molecule has 1 rings (SSSR count). The van der Waals surface area contributed by atoms with E-state index in [2.05, 4.69) is 46.6 Å². The maximum Gasteiger partial charge on any atom is 0.0201 e. The normalized spacial score (nSPS) is 20.8. The van der Waals surface area contributed by atoms with E-state index in [0.29, 0.717) is 11.0 Å². The highest BCUT2D eigenvalue weighted by Gasteiger charge is 2.39. The van der Waals surface area contributed by atoms with Gasteiger partial charge in [-0.1, -0.05) is 33.6 Å². The van der Waals surface area contributed by atoms with Crippen molar-refractivity contribution in [3.63, 3.8) is 0 Å². The van der Waals surface area contributed by atoms with Crippen LogP contribution >= 0.6 is 0 Å². The largest absolute Gasteiger partial charge is 0.298 e. The molecule has 0 spiro atoms. The van der Waals surface area contributed by atoms with Crippen LogP contribution in [-0.4, -0.2) is 23.5 Å². The summed E-state index contributed by atoms with van der Waals surface area (Å²) in [5.74, 6) is 0. The summed E-state index contributed by atoms with van der Waals surface area (Å²) in [6.45, 7) is 11.8. The summed E-state index contributed by atoms with van der Waals surface area (Å²) in [4.78, 5) is 2.61. The van der Waals surface area contributed by atoms with Crippen LogP contribution in [0.25, 0.3) is 0 Å². The molecule has 0 N–H and O–H groups in total. The zero-order valence-corrected chi connectivity index (χ0v) is 10.9. The van der Waals surface area contributed by atoms with Gasteiger partial charge in [-0.15, -0.1) is 0 Å². The first-order chi connectivity index (χ1) is 6.27. The lowest BCUT2D eigenvalue weighted by molar-refractivity contribution is 0.0123. The van der Waals surface area contributed by atoms with E-state index in [4.69, 9.17) is 0 Å². The highest BCUT2D eigenvalue weighted by molar-refractivity contribution is 4.94. The van der Waals surface area contributed by atoms with E-state index in [9.17, 15) is 0 Å². The van der Waals surface area contributed by atoms with Crippen LogP contribution in [0, 0.1) is 5.41 Å². The van der Waals surface area contributed by atoms with Gasteiger partial charge >= 0.3 is 0 Å². The van der Waals surface area contributed by atoms with Crippen molar-refractivity contribution >= 4 is 0 Å². The fraction of sp³-hybridized carbons (Fsp3) is 1.00. The molecule has 84 valence electrons. The third-order valence-electron chi connectivity index (χ3n) is 4.59. The van der Waals surface area contributed by atoms with Gasteiger partial charge in [0.1, 0.15) is 0 Å². The molecule has 1 aliphatic carbocycles. The predicted molar refractivity (Wildman–Crippen MR) is 63.6 cm³/mol. The molecular weight excluding hydrogens is 170 g/mol. The van der Waals surface area contributed by atoms with Gasteiger partial charge < -0.3 is 0 Å². The minimum Gasteiger partial charge on any atom is -0.298 e. The van der Waals surface area contributed by atoms with Crippen molar-refractivity contribution in [1.82, 2.24) is 4.90 Å². The Morgan fingerprint density at radius 1 is 0.929 bits per heavy atom. The minimum atomic E-state index is 0.294. The van der Waals surface area contributed by atoms with Gasteiger partial charge in [0, 0.05) is 11.6 Å². The first-order valence-electron chi connectivity index (χ1n) is 6.00. The molecule has 14 heavy (non-hydrogen) atoms. The van der Waals surface area contributed by atoms with Crippen LogP contribution in [0.5, 0.6) is 0 Å². The molecule has 0 aromatic carbocycles. The molecule has 0 atom stereocenters. The van der Waals surface area contributed by atoms with E-state index in [1.165, 1.54) is 25.7 Å². The number of nitrogens with zero attached hydrogens (tertiary/aromatic N) is 1. The topological polar surface area (TPSA) is 3.24 Å². The Bertz CT molecular complexity index is 182. The van der Waals surface area contributed by atoms with Crippen LogP contribution in [0.1, 0.15) is 60.3 Å². The summed E-state index contributed by atoms with van der Waals surface area (Å²) in [5.41, 5.74) is 0.645. The summed E-state index contributed by atoms with van der Waals surface area (Å²) in [6.07, 6.45) is 5.65. The van der Waals surface area contributed by atoms with Crippen molar-refractivity contribution in [3.05, 3.63) is 0 Å². The Balaban J connectivity index is 2.70. The number of hydrogen-bond donors (Lipinski definition) is 0.